The van der Waals surface area contributed by atoms with E-state index in [1.54, 1.807) is 6.07 Å². The summed E-state index contributed by atoms with van der Waals surface area (Å²) in [7, 11) is 0. The number of benzene rings is 1. The number of ether oxygens (including phenoxy) is 1. The second kappa shape index (κ2) is 5.45. The molecule has 1 unspecified atom stereocenters. The van der Waals surface area contributed by atoms with Crippen LogP contribution in [0.3, 0.4) is 0 Å². The lowest BCUT2D eigenvalue weighted by atomic mass is 10.1. The molecule has 0 aliphatic heterocycles. The van der Waals surface area contributed by atoms with Gasteiger partial charge < -0.3 is 10.5 Å². The van der Waals surface area contributed by atoms with Crippen LogP contribution in [0.4, 0.5) is 4.39 Å². The SMILES string of the molecule is CC(C)OC(CN)c1ccc(Cl)c(F)c1. The summed E-state index contributed by atoms with van der Waals surface area (Å²) in [5.41, 5.74) is 6.28. The van der Waals surface area contributed by atoms with Gasteiger partial charge in [0.1, 0.15) is 5.82 Å². The van der Waals surface area contributed by atoms with Crippen LogP contribution >= 0.6 is 11.6 Å². The zero-order chi connectivity index (χ0) is 11.4. The number of nitrogens with two attached hydrogens (primary N) is 1. The minimum absolute atomic E-state index is 0.0530. The average molecular weight is 232 g/mol. The Bertz CT molecular complexity index is 330. The largest absolute Gasteiger partial charge is 0.370 e. The molecule has 0 bridgehead atoms. The van der Waals surface area contributed by atoms with Crippen LogP contribution < -0.4 is 5.73 Å². The van der Waals surface area contributed by atoms with E-state index >= 15 is 0 Å². The Hall–Kier alpha value is -0.640. The number of hydrogen-bond donors (Lipinski definition) is 1. The van der Waals surface area contributed by atoms with Crippen molar-refractivity contribution in [2.24, 2.45) is 5.73 Å². The van der Waals surface area contributed by atoms with Crippen molar-refractivity contribution in [1.82, 2.24) is 0 Å². The molecular weight excluding hydrogens is 217 g/mol. The standard InChI is InChI=1S/C11H15ClFNO/c1-7(2)15-11(6-14)8-3-4-9(12)10(13)5-8/h3-5,7,11H,6,14H2,1-2H3. The van der Waals surface area contributed by atoms with Gasteiger partial charge in [0.25, 0.3) is 0 Å². The number of halogens is 2. The molecule has 1 atom stereocenters. The van der Waals surface area contributed by atoms with Crippen molar-refractivity contribution in [3.8, 4) is 0 Å². The summed E-state index contributed by atoms with van der Waals surface area (Å²) in [6, 6.07) is 4.60. The zero-order valence-electron chi connectivity index (χ0n) is 8.84. The Kier molecular flexibility index (Phi) is 4.51. The minimum Gasteiger partial charge on any atom is -0.370 e. The molecule has 84 valence electrons. The maximum absolute atomic E-state index is 13.2. The molecule has 1 aromatic carbocycles. The molecule has 0 saturated carbocycles. The normalized spacial score (nSPS) is 13.2. The van der Waals surface area contributed by atoms with Crippen LogP contribution in [0.2, 0.25) is 5.02 Å². The van der Waals surface area contributed by atoms with Gasteiger partial charge in [-0.25, -0.2) is 4.39 Å². The van der Waals surface area contributed by atoms with E-state index in [1.165, 1.54) is 12.1 Å². The van der Waals surface area contributed by atoms with Gasteiger partial charge in [0, 0.05) is 6.54 Å². The van der Waals surface area contributed by atoms with Gasteiger partial charge in [-0.05, 0) is 31.5 Å². The van der Waals surface area contributed by atoms with Crippen LogP contribution in [0.25, 0.3) is 0 Å². The third-order valence-electron chi connectivity index (χ3n) is 1.97. The highest BCUT2D eigenvalue weighted by Gasteiger charge is 2.13. The van der Waals surface area contributed by atoms with Crippen molar-refractivity contribution in [2.75, 3.05) is 6.54 Å². The minimum atomic E-state index is -0.444. The molecule has 2 nitrogen and oxygen atoms in total. The second-order valence-electron chi connectivity index (χ2n) is 3.58. The third kappa shape index (κ3) is 3.45. The summed E-state index contributed by atoms with van der Waals surface area (Å²) in [5.74, 6) is -0.444. The van der Waals surface area contributed by atoms with E-state index in [1.807, 2.05) is 13.8 Å². The van der Waals surface area contributed by atoms with Gasteiger partial charge in [-0.15, -0.1) is 0 Å². The van der Waals surface area contributed by atoms with Gasteiger partial charge in [0.2, 0.25) is 0 Å². The van der Waals surface area contributed by atoms with Gasteiger partial charge in [-0.1, -0.05) is 17.7 Å². The lowest BCUT2D eigenvalue weighted by Gasteiger charge is -2.19. The van der Waals surface area contributed by atoms with Crippen LogP contribution in [0.5, 0.6) is 0 Å². The average Bonchev–Trinajstić information content (AvgIpc) is 2.18. The van der Waals surface area contributed by atoms with Crippen LogP contribution in [0.15, 0.2) is 18.2 Å². The van der Waals surface area contributed by atoms with Crippen LogP contribution in [-0.2, 0) is 4.74 Å². The van der Waals surface area contributed by atoms with Crippen molar-refractivity contribution in [1.29, 1.82) is 0 Å². The first-order chi connectivity index (χ1) is 7.04. The molecular formula is C11H15ClFNO. The molecule has 4 heteroatoms. The summed E-state index contributed by atoms with van der Waals surface area (Å²) >= 11 is 5.59. The fourth-order valence-electron chi connectivity index (χ4n) is 1.31. The first kappa shape index (κ1) is 12.4. The second-order valence-corrected chi connectivity index (χ2v) is 3.99. The highest BCUT2D eigenvalue weighted by atomic mass is 35.5. The van der Waals surface area contributed by atoms with Crippen LogP contribution in [0, 0.1) is 5.82 Å². The molecule has 0 fully saturated rings. The first-order valence-corrected chi connectivity index (χ1v) is 5.23. The maximum Gasteiger partial charge on any atom is 0.142 e. The van der Waals surface area contributed by atoms with Crippen molar-refractivity contribution in [3.05, 3.63) is 34.6 Å². The molecule has 0 aliphatic carbocycles. The Morgan fingerprint density at radius 3 is 2.60 bits per heavy atom. The van der Waals surface area contributed by atoms with E-state index in [4.69, 9.17) is 22.1 Å². The predicted molar refractivity (Wildman–Crippen MR) is 59.4 cm³/mol. The molecule has 2 N–H and O–H groups in total. The summed E-state index contributed by atoms with van der Waals surface area (Å²) in [6.45, 7) is 4.14. The number of rotatable bonds is 4. The summed E-state index contributed by atoms with van der Waals surface area (Å²) in [6.07, 6.45) is -0.228. The molecule has 0 amide bonds. The van der Waals surface area contributed by atoms with E-state index in [0.717, 1.165) is 0 Å². The molecule has 1 rings (SSSR count). The summed E-state index contributed by atoms with van der Waals surface area (Å²) < 4.78 is 18.7. The number of hydrogen-bond acceptors (Lipinski definition) is 2. The van der Waals surface area contributed by atoms with Gasteiger partial charge in [0.05, 0.1) is 17.2 Å². The molecule has 0 heterocycles. The predicted octanol–water partition coefficient (Wildman–Crippen LogP) is 2.90. The molecule has 15 heavy (non-hydrogen) atoms. The fraction of sp³-hybridized carbons (Fsp3) is 0.455. The summed E-state index contributed by atoms with van der Waals surface area (Å²) in [5, 5.41) is 0.110. The van der Waals surface area contributed by atoms with Crippen molar-refractivity contribution in [3.63, 3.8) is 0 Å². The van der Waals surface area contributed by atoms with E-state index in [9.17, 15) is 4.39 Å². The Labute approximate surface area is 94.2 Å². The molecule has 1 aromatic rings. The highest BCUT2D eigenvalue weighted by molar-refractivity contribution is 6.30. The Morgan fingerprint density at radius 1 is 1.47 bits per heavy atom. The van der Waals surface area contributed by atoms with E-state index in [-0.39, 0.29) is 17.2 Å². The lowest BCUT2D eigenvalue weighted by molar-refractivity contribution is 0.0118. The van der Waals surface area contributed by atoms with Crippen molar-refractivity contribution in [2.45, 2.75) is 26.1 Å². The topological polar surface area (TPSA) is 35.2 Å². The van der Waals surface area contributed by atoms with E-state index < -0.39 is 5.82 Å². The third-order valence-corrected chi connectivity index (χ3v) is 2.27. The summed E-state index contributed by atoms with van der Waals surface area (Å²) in [4.78, 5) is 0. The van der Waals surface area contributed by atoms with Gasteiger partial charge in [-0.3, -0.25) is 0 Å². The first-order valence-electron chi connectivity index (χ1n) is 4.85. The molecule has 0 aromatic heterocycles. The molecule has 0 spiro atoms. The van der Waals surface area contributed by atoms with Gasteiger partial charge in [-0.2, -0.15) is 0 Å². The zero-order valence-corrected chi connectivity index (χ0v) is 9.59. The highest BCUT2D eigenvalue weighted by Crippen LogP contribution is 2.22. The molecule has 0 saturated heterocycles. The Balaban J connectivity index is 2.87. The fourth-order valence-corrected chi connectivity index (χ4v) is 1.43. The van der Waals surface area contributed by atoms with Crippen LogP contribution in [0.1, 0.15) is 25.5 Å². The monoisotopic (exact) mass is 231 g/mol. The van der Waals surface area contributed by atoms with Gasteiger partial charge in [0.15, 0.2) is 0 Å². The maximum atomic E-state index is 13.2. The Morgan fingerprint density at radius 2 is 2.13 bits per heavy atom. The van der Waals surface area contributed by atoms with Gasteiger partial charge >= 0.3 is 0 Å². The van der Waals surface area contributed by atoms with Crippen molar-refractivity contribution >= 4 is 11.6 Å². The smallest absolute Gasteiger partial charge is 0.142 e. The van der Waals surface area contributed by atoms with Crippen LogP contribution in [-0.4, -0.2) is 12.6 Å². The molecule has 0 aliphatic rings. The van der Waals surface area contributed by atoms with E-state index in [2.05, 4.69) is 0 Å². The van der Waals surface area contributed by atoms with E-state index in [0.29, 0.717) is 12.1 Å². The quantitative estimate of drug-likeness (QED) is 0.865. The van der Waals surface area contributed by atoms with Crippen molar-refractivity contribution < 1.29 is 9.13 Å². The molecule has 0 radical (unpaired) electrons. The lowest BCUT2D eigenvalue weighted by Crippen LogP contribution is -2.19.